The molecule has 1 heterocycles. The first kappa shape index (κ1) is 26.6. The van der Waals surface area contributed by atoms with E-state index in [2.05, 4.69) is 4.18 Å². The Morgan fingerprint density at radius 3 is 2.05 bits per heavy atom. The maximum absolute atomic E-state index is 13.5. The number of hydrogen-bond donors (Lipinski definition) is 0. The third kappa shape index (κ3) is 4.89. The van der Waals surface area contributed by atoms with Gasteiger partial charge >= 0.3 is 33.3 Å². The Morgan fingerprint density at radius 1 is 0.974 bits per heavy atom. The molecule has 0 fully saturated rings. The number of ether oxygens (including phenoxy) is 1. The normalized spacial score (nSPS) is 13.3. The number of para-hydroxylation sites is 3. The van der Waals surface area contributed by atoms with Gasteiger partial charge in [-0.2, -0.15) is 21.6 Å². The molecule has 4 rings (SSSR count). The third-order valence-corrected chi connectivity index (χ3v) is 6.65. The minimum absolute atomic E-state index is 0.189. The fraction of sp³-hybridized carbons (Fsp3) is 0.167. The van der Waals surface area contributed by atoms with Crippen molar-refractivity contribution in [2.45, 2.75) is 18.3 Å². The van der Waals surface area contributed by atoms with Gasteiger partial charge in [-0.1, -0.05) is 48.5 Å². The number of fused-ring (bicyclic) bond motifs is 2. The standard InChI is InChI=1S/C24H17F3N2O8S/c1-14-7-6-12-19(29(32)33)22(14)36-23(31)21-15-8-2-4-10-17(15)28(18-11-5-3-9-16(18)21)13-20(30)37-38(34,35)24(25,26)27/h2-12,21H,13H2,1H3. The molecular weight excluding hydrogens is 533 g/mol. The highest BCUT2D eigenvalue weighted by atomic mass is 32.2. The van der Waals surface area contributed by atoms with Gasteiger partial charge < -0.3 is 13.8 Å². The molecule has 0 bridgehead atoms. The second-order valence-electron chi connectivity index (χ2n) is 8.09. The van der Waals surface area contributed by atoms with E-state index in [1.54, 1.807) is 12.1 Å². The van der Waals surface area contributed by atoms with Crippen molar-refractivity contribution < 1.29 is 45.0 Å². The molecule has 3 aromatic rings. The summed E-state index contributed by atoms with van der Waals surface area (Å²) >= 11 is 0. The summed E-state index contributed by atoms with van der Waals surface area (Å²) in [5.74, 6) is -3.98. The van der Waals surface area contributed by atoms with Gasteiger partial charge in [-0.15, -0.1) is 0 Å². The van der Waals surface area contributed by atoms with Gasteiger partial charge in [-0.05, 0) is 35.7 Å². The van der Waals surface area contributed by atoms with Crippen molar-refractivity contribution in [3.63, 3.8) is 0 Å². The van der Waals surface area contributed by atoms with Crippen LogP contribution in [0.15, 0.2) is 66.7 Å². The molecule has 3 aromatic carbocycles. The van der Waals surface area contributed by atoms with Crippen molar-refractivity contribution in [1.82, 2.24) is 0 Å². The van der Waals surface area contributed by atoms with Gasteiger partial charge in [0.15, 0.2) is 0 Å². The van der Waals surface area contributed by atoms with Crippen LogP contribution in [0.5, 0.6) is 5.75 Å². The van der Waals surface area contributed by atoms with Crippen molar-refractivity contribution in [3.05, 3.63) is 93.5 Å². The smallest absolute Gasteiger partial charge is 0.418 e. The van der Waals surface area contributed by atoms with Crippen LogP contribution in [0.25, 0.3) is 0 Å². The Morgan fingerprint density at radius 2 is 1.53 bits per heavy atom. The third-order valence-electron chi connectivity index (χ3n) is 5.68. The summed E-state index contributed by atoms with van der Waals surface area (Å²) in [6, 6.07) is 16.3. The minimum atomic E-state index is -6.18. The zero-order valence-corrected chi connectivity index (χ0v) is 20.2. The van der Waals surface area contributed by atoms with Crippen molar-refractivity contribution >= 4 is 39.1 Å². The Kier molecular flexibility index (Phi) is 6.84. The number of carbonyl (C=O) groups is 2. The maximum Gasteiger partial charge on any atom is 0.534 e. The molecule has 198 valence electrons. The van der Waals surface area contributed by atoms with Crippen LogP contribution >= 0.6 is 0 Å². The van der Waals surface area contributed by atoms with Gasteiger partial charge in [0.25, 0.3) is 0 Å². The topological polar surface area (TPSA) is 133 Å². The Balaban J connectivity index is 1.74. The van der Waals surface area contributed by atoms with E-state index in [0.717, 1.165) is 0 Å². The van der Waals surface area contributed by atoms with Gasteiger partial charge in [0.05, 0.1) is 4.92 Å². The molecule has 0 saturated carbocycles. The predicted octanol–water partition coefficient (Wildman–Crippen LogP) is 4.49. The van der Waals surface area contributed by atoms with Crippen LogP contribution in [0.3, 0.4) is 0 Å². The molecule has 10 nitrogen and oxygen atoms in total. The number of esters is 1. The van der Waals surface area contributed by atoms with Crippen molar-refractivity contribution in [2.75, 3.05) is 11.4 Å². The number of alkyl halides is 3. The molecule has 0 radical (unpaired) electrons. The highest BCUT2D eigenvalue weighted by molar-refractivity contribution is 7.88. The van der Waals surface area contributed by atoms with E-state index in [-0.39, 0.29) is 28.3 Å². The Bertz CT molecular complexity index is 1510. The van der Waals surface area contributed by atoms with Gasteiger partial charge in [-0.25, -0.2) is 4.79 Å². The molecule has 0 amide bonds. The first-order chi connectivity index (χ1) is 17.8. The van der Waals surface area contributed by atoms with Crippen LogP contribution in [0, 0.1) is 17.0 Å². The summed E-state index contributed by atoms with van der Waals surface area (Å²) in [5, 5.41) is 11.5. The Hall–Kier alpha value is -4.46. The summed E-state index contributed by atoms with van der Waals surface area (Å²) in [5.41, 5.74) is -4.99. The number of nitrogens with zero attached hydrogens (tertiary/aromatic N) is 2. The van der Waals surface area contributed by atoms with E-state index in [4.69, 9.17) is 4.74 Å². The molecule has 0 saturated heterocycles. The molecule has 0 unspecified atom stereocenters. The van der Waals surface area contributed by atoms with Crippen molar-refractivity contribution in [2.24, 2.45) is 0 Å². The molecule has 1 aliphatic heterocycles. The number of nitro benzene ring substituents is 1. The van der Waals surface area contributed by atoms with E-state index >= 15 is 0 Å². The first-order valence-electron chi connectivity index (χ1n) is 10.8. The molecule has 1 aliphatic rings. The van der Waals surface area contributed by atoms with E-state index in [1.165, 1.54) is 66.4 Å². The molecule has 0 aliphatic carbocycles. The van der Waals surface area contributed by atoms with E-state index in [9.17, 15) is 41.3 Å². The van der Waals surface area contributed by atoms with Gasteiger partial charge in [-0.3, -0.25) is 14.9 Å². The average Bonchev–Trinajstić information content (AvgIpc) is 2.84. The average molecular weight is 550 g/mol. The zero-order chi connectivity index (χ0) is 27.8. The monoisotopic (exact) mass is 550 g/mol. The lowest BCUT2D eigenvalue weighted by atomic mass is 9.85. The van der Waals surface area contributed by atoms with Gasteiger partial charge in [0.1, 0.15) is 12.5 Å². The number of aryl methyl sites for hydroxylation is 1. The summed E-state index contributed by atoms with van der Waals surface area (Å²) in [4.78, 5) is 37.8. The largest absolute Gasteiger partial charge is 0.534 e. The van der Waals surface area contributed by atoms with Crippen LogP contribution < -0.4 is 9.64 Å². The fourth-order valence-electron chi connectivity index (χ4n) is 4.07. The molecular formula is C24H17F3N2O8S. The second kappa shape index (κ2) is 9.78. The summed E-state index contributed by atoms with van der Waals surface area (Å²) < 4.78 is 70.0. The number of nitro groups is 1. The predicted molar refractivity (Wildman–Crippen MR) is 126 cm³/mol. The van der Waals surface area contributed by atoms with Crippen molar-refractivity contribution in [1.29, 1.82) is 0 Å². The highest BCUT2D eigenvalue weighted by Crippen LogP contribution is 2.46. The molecule has 0 atom stereocenters. The molecule has 0 aromatic heterocycles. The quantitative estimate of drug-likeness (QED) is 0.109. The fourth-order valence-corrected chi connectivity index (χ4v) is 4.47. The van der Waals surface area contributed by atoms with Gasteiger partial charge in [0.2, 0.25) is 5.75 Å². The highest BCUT2D eigenvalue weighted by Gasteiger charge is 2.50. The number of rotatable bonds is 6. The second-order valence-corrected chi connectivity index (χ2v) is 9.63. The van der Waals surface area contributed by atoms with Gasteiger partial charge in [0, 0.05) is 17.4 Å². The van der Waals surface area contributed by atoms with Crippen LogP contribution in [0.1, 0.15) is 22.6 Å². The number of anilines is 2. The van der Waals surface area contributed by atoms with Crippen LogP contribution in [-0.2, 0) is 23.9 Å². The number of hydrogen-bond acceptors (Lipinski definition) is 9. The number of halogens is 3. The number of carbonyl (C=O) groups excluding carboxylic acids is 2. The van der Waals surface area contributed by atoms with E-state index in [0.29, 0.717) is 5.56 Å². The van der Waals surface area contributed by atoms with Crippen LogP contribution in [0.4, 0.5) is 30.2 Å². The lowest BCUT2D eigenvalue weighted by molar-refractivity contribution is -0.385. The molecule has 14 heteroatoms. The lowest BCUT2D eigenvalue weighted by Crippen LogP contribution is -2.36. The van der Waals surface area contributed by atoms with Crippen molar-refractivity contribution in [3.8, 4) is 5.75 Å². The summed E-state index contributed by atoms with van der Waals surface area (Å²) in [6.45, 7) is 0.592. The zero-order valence-electron chi connectivity index (χ0n) is 19.3. The molecule has 0 N–H and O–H groups in total. The molecule has 0 spiro atoms. The maximum atomic E-state index is 13.5. The molecule has 38 heavy (non-hydrogen) atoms. The minimum Gasteiger partial charge on any atom is -0.418 e. The number of benzene rings is 3. The summed E-state index contributed by atoms with van der Waals surface area (Å²) in [6.07, 6.45) is 0. The van der Waals surface area contributed by atoms with E-state index < -0.39 is 50.6 Å². The SMILES string of the molecule is Cc1cccc([N+](=O)[O-])c1OC(=O)C1c2ccccc2N(CC(=O)OS(=O)(=O)C(F)(F)F)c2ccccc21. The van der Waals surface area contributed by atoms with Crippen LogP contribution in [0.2, 0.25) is 0 Å². The Labute approximate surface area is 213 Å². The summed E-state index contributed by atoms with van der Waals surface area (Å²) in [7, 11) is -6.18. The lowest BCUT2D eigenvalue weighted by Gasteiger charge is -2.36. The van der Waals surface area contributed by atoms with Crippen LogP contribution in [-0.4, -0.2) is 37.3 Å². The van der Waals surface area contributed by atoms with E-state index in [1.807, 2.05) is 0 Å². The first-order valence-corrected chi connectivity index (χ1v) is 12.2.